The van der Waals surface area contributed by atoms with Crippen LogP contribution in [0.1, 0.15) is 53.8 Å². The zero-order chi connectivity index (χ0) is 20.9. The van der Waals surface area contributed by atoms with Crippen LogP contribution < -0.4 is 10.2 Å². The first-order chi connectivity index (χ1) is 14.6. The van der Waals surface area contributed by atoms with Crippen LogP contribution in [0.5, 0.6) is 0 Å². The molecule has 160 valence electrons. The standard InChI is InChI=1S/C21H28N6O3/c1-15-18(25-30-24-15)13-23-20(28)11-16-5-4-10-27(14-16)21(29)17-6-7-22-19(12-17)26-8-2-3-9-26/h6-7,12,16H,2-5,8-11,13-14H2,1H3,(H,23,28). The Kier molecular flexibility index (Phi) is 6.25. The fourth-order valence-corrected chi connectivity index (χ4v) is 4.20. The van der Waals surface area contributed by atoms with Crippen molar-refractivity contribution in [2.24, 2.45) is 5.92 Å². The Morgan fingerprint density at radius 1 is 1.20 bits per heavy atom. The van der Waals surface area contributed by atoms with E-state index in [9.17, 15) is 9.59 Å². The molecule has 2 aliphatic heterocycles. The van der Waals surface area contributed by atoms with E-state index in [2.05, 4.69) is 30.1 Å². The molecular formula is C21H28N6O3. The average Bonchev–Trinajstić information content (AvgIpc) is 3.44. The largest absolute Gasteiger partial charge is 0.357 e. The monoisotopic (exact) mass is 412 g/mol. The number of aromatic nitrogens is 3. The number of rotatable bonds is 6. The summed E-state index contributed by atoms with van der Waals surface area (Å²) in [6.07, 6.45) is 6.29. The predicted molar refractivity (Wildman–Crippen MR) is 110 cm³/mol. The topological polar surface area (TPSA) is 104 Å². The number of anilines is 1. The van der Waals surface area contributed by atoms with Gasteiger partial charge in [0.1, 0.15) is 17.2 Å². The fraction of sp³-hybridized carbons (Fsp3) is 0.571. The fourth-order valence-electron chi connectivity index (χ4n) is 4.20. The minimum absolute atomic E-state index is 0.0206. The van der Waals surface area contributed by atoms with E-state index in [1.165, 1.54) is 12.8 Å². The van der Waals surface area contributed by atoms with Crippen LogP contribution in [0.3, 0.4) is 0 Å². The second-order valence-corrected chi connectivity index (χ2v) is 8.13. The van der Waals surface area contributed by atoms with Crippen molar-refractivity contribution in [3.63, 3.8) is 0 Å². The van der Waals surface area contributed by atoms with Gasteiger partial charge in [0.2, 0.25) is 5.91 Å². The number of aryl methyl sites for hydroxylation is 1. The lowest BCUT2D eigenvalue weighted by Gasteiger charge is -2.32. The highest BCUT2D eigenvalue weighted by molar-refractivity contribution is 5.95. The maximum atomic E-state index is 13.1. The number of nitrogens with zero attached hydrogens (tertiary/aromatic N) is 5. The molecule has 9 nitrogen and oxygen atoms in total. The quantitative estimate of drug-likeness (QED) is 0.773. The minimum atomic E-state index is -0.0445. The first-order valence-electron chi connectivity index (χ1n) is 10.6. The molecule has 2 aliphatic rings. The molecule has 9 heteroatoms. The Labute approximate surface area is 175 Å². The Morgan fingerprint density at radius 2 is 2.03 bits per heavy atom. The van der Waals surface area contributed by atoms with Crippen molar-refractivity contribution in [3.05, 3.63) is 35.3 Å². The third kappa shape index (κ3) is 4.77. The number of nitrogens with one attached hydrogen (secondary N) is 1. The van der Waals surface area contributed by atoms with Gasteiger partial charge in [0.25, 0.3) is 5.91 Å². The van der Waals surface area contributed by atoms with Crippen LogP contribution >= 0.6 is 0 Å². The summed E-state index contributed by atoms with van der Waals surface area (Å²) < 4.78 is 4.65. The molecule has 1 N–H and O–H groups in total. The summed E-state index contributed by atoms with van der Waals surface area (Å²) in [5, 5.41) is 10.4. The molecule has 30 heavy (non-hydrogen) atoms. The summed E-state index contributed by atoms with van der Waals surface area (Å²) in [6.45, 7) is 5.40. The van der Waals surface area contributed by atoms with Gasteiger partial charge in [-0.25, -0.2) is 9.61 Å². The molecule has 0 spiro atoms. The summed E-state index contributed by atoms with van der Waals surface area (Å²) in [7, 11) is 0. The molecule has 2 fully saturated rings. The van der Waals surface area contributed by atoms with Gasteiger partial charge < -0.3 is 15.1 Å². The zero-order valence-corrected chi connectivity index (χ0v) is 17.3. The van der Waals surface area contributed by atoms with E-state index in [1.54, 1.807) is 19.2 Å². The normalized spacial score (nSPS) is 19.2. The molecule has 0 radical (unpaired) electrons. The highest BCUT2D eigenvalue weighted by Crippen LogP contribution is 2.23. The number of hydrogen-bond donors (Lipinski definition) is 1. The molecule has 0 aromatic carbocycles. The van der Waals surface area contributed by atoms with Crippen molar-refractivity contribution in [2.75, 3.05) is 31.1 Å². The molecule has 2 aromatic rings. The Hall–Kier alpha value is -2.97. The van der Waals surface area contributed by atoms with Gasteiger partial charge in [0.15, 0.2) is 0 Å². The lowest BCUT2D eigenvalue weighted by Crippen LogP contribution is -2.41. The number of pyridine rings is 1. The molecule has 1 atom stereocenters. The maximum Gasteiger partial charge on any atom is 0.254 e. The lowest BCUT2D eigenvalue weighted by molar-refractivity contribution is -0.122. The molecule has 4 rings (SSSR count). The highest BCUT2D eigenvalue weighted by atomic mass is 16.6. The Balaban J connectivity index is 1.32. The number of likely N-dealkylation sites (tertiary alicyclic amines) is 1. The van der Waals surface area contributed by atoms with Gasteiger partial charge in [0, 0.05) is 44.4 Å². The third-order valence-electron chi connectivity index (χ3n) is 5.90. The number of hydrogen-bond acceptors (Lipinski definition) is 7. The van der Waals surface area contributed by atoms with Crippen molar-refractivity contribution in [1.29, 1.82) is 0 Å². The van der Waals surface area contributed by atoms with Gasteiger partial charge >= 0.3 is 0 Å². The molecule has 0 aliphatic carbocycles. The average molecular weight is 412 g/mol. The molecule has 4 heterocycles. The lowest BCUT2D eigenvalue weighted by atomic mass is 9.94. The second kappa shape index (κ2) is 9.23. The summed E-state index contributed by atoms with van der Waals surface area (Å²) in [5.41, 5.74) is 1.98. The van der Waals surface area contributed by atoms with Crippen LogP contribution in [0.25, 0.3) is 0 Å². The van der Waals surface area contributed by atoms with Crippen molar-refractivity contribution in [2.45, 2.75) is 45.6 Å². The molecule has 2 aromatic heterocycles. The van der Waals surface area contributed by atoms with Crippen LogP contribution in [-0.4, -0.2) is 58.2 Å². The summed E-state index contributed by atoms with van der Waals surface area (Å²) in [4.78, 5) is 34.0. The summed E-state index contributed by atoms with van der Waals surface area (Å²) >= 11 is 0. The molecule has 0 saturated carbocycles. The van der Waals surface area contributed by atoms with E-state index < -0.39 is 0 Å². The Bertz CT molecular complexity index is 892. The molecule has 1 unspecified atom stereocenters. The van der Waals surface area contributed by atoms with Crippen molar-refractivity contribution in [1.82, 2.24) is 25.5 Å². The number of piperidine rings is 1. The smallest absolute Gasteiger partial charge is 0.254 e. The van der Waals surface area contributed by atoms with E-state index in [0.29, 0.717) is 36.5 Å². The van der Waals surface area contributed by atoms with E-state index >= 15 is 0 Å². The zero-order valence-electron chi connectivity index (χ0n) is 17.3. The predicted octanol–water partition coefficient (Wildman–Crippen LogP) is 1.93. The van der Waals surface area contributed by atoms with Crippen LogP contribution in [0.4, 0.5) is 5.82 Å². The summed E-state index contributed by atoms with van der Waals surface area (Å²) in [6, 6.07) is 3.69. The van der Waals surface area contributed by atoms with Crippen molar-refractivity contribution >= 4 is 17.6 Å². The van der Waals surface area contributed by atoms with Crippen LogP contribution in [-0.2, 0) is 11.3 Å². The van der Waals surface area contributed by atoms with Gasteiger partial charge in [-0.3, -0.25) is 9.59 Å². The van der Waals surface area contributed by atoms with Gasteiger partial charge in [-0.1, -0.05) is 10.3 Å². The molecule has 2 amide bonds. The first kappa shape index (κ1) is 20.3. The second-order valence-electron chi connectivity index (χ2n) is 8.13. The molecular weight excluding hydrogens is 384 g/mol. The Morgan fingerprint density at radius 3 is 2.80 bits per heavy atom. The van der Waals surface area contributed by atoms with Gasteiger partial charge in [0.05, 0.1) is 6.54 Å². The third-order valence-corrected chi connectivity index (χ3v) is 5.90. The van der Waals surface area contributed by atoms with E-state index in [-0.39, 0.29) is 17.7 Å². The van der Waals surface area contributed by atoms with E-state index in [1.807, 2.05) is 11.0 Å². The molecule has 0 bridgehead atoms. The van der Waals surface area contributed by atoms with E-state index in [4.69, 9.17) is 0 Å². The van der Waals surface area contributed by atoms with Gasteiger partial charge in [-0.2, -0.15) is 0 Å². The number of amides is 2. The maximum absolute atomic E-state index is 13.1. The SMILES string of the molecule is Cc1nonc1CNC(=O)CC1CCCN(C(=O)c2ccnc(N3CCCC3)c2)C1. The summed E-state index contributed by atoms with van der Waals surface area (Å²) in [5.74, 6) is 1.01. The van der Waals surface area contributed by atoms with Crippen LogP contribution in [0, 0.1) is 12.8 Å². The van der Waals surface area contributed by atoms with Crippen molar-refractivity contribution in [3.8, 4) is 0 Å². The van der Waals surface area contributed by atoms with Crippen LogP contribution in [0.2, 0.25) is 0 Å². The number of carbonyl (C=O) groups excluding carboxylic acids is 2. The van der Waals surface area contributed by atoms with Gasteiger partial charge in [-0.05, 0) is 50.7 Å². The van der Waals surface area contributed by atoms with E-state index in [0.717, 1.165) is 38.3 Å². The minimum Gasteiger partial charge on any atom is -0.357 e. The van der Waals surface area contributed by atoms with Gasteiger partial charge in [-0.15, -0.1) is 0 Å². The van der Waals surface area contributed by atoms with Crippen molar-refractivity contribution < 1.29 is 14.2 Å². The molecule has 2 saturated heterocycles. The van der Waals surface area contributed by atoms with Crippen LogP contribution in [0.15, 0.2) is 23.0 Å². The highest BCUT2D eigenvalue weighted by Gasteiger charge is 2.27. The number of carbonyl (C=O) groups is 2. The first-order valence-corrected chi connectivity index (χ1v) is 10.6.